The van der Waals surface area contributed by atoms with Crippen LogP contribution >= 0.6 is 11.3 Å². The van der Waals surface area contributed by atoms with Gasteiger partial charge in [0.05, 0.1) is 12.1 Å². The predicted octanol–water partition coefficient (Wildman–Crippen LogP) is 2.07. The number of nitrogens with two attached hydrogens (primary N) is 2. The number of amidine groups is 1. The summed E-state index contributed by atoms with van der Waals surface area (Å²) in [6.45, 7) is 0. The molecule has 6 N–H and O–H groups in total. The van der Waals surface area contributed by atoms with E-state index in [1.807, 2.05) is 60.7 Å². The molecule has 0 aliphatic heterocycles. The fraction of sp³-hybridized carbons (Fsp3) is 0.0556. The van der Waals surface area contributed by atoms with Crippen LogP contribution in [0.5, 0.6) is 0 Å². The van der Waals surface area contributed by atoms with E-state index in [1.54, 1.807) is 0 Å². The van der Waals surface area contributed by atoms with Crippen LogP contribution in [0.2, 0.25) is 0 Å². The number of carbonyl (C=O) groups is 1. The standard InChI is InChI=1S/C18H18N6OS/c19-17(23-24-20)16-15(13-9-5-2-6-10-13)22-18(26-16)21-14(25)11-12-7-3-1-4-8-12/h1-10,24H,11,20H2,(H2,19,23)(H,21,22,25). The largest absolute Gasteiger partial charge is 0.381 e. The van der Waals surface area contributed by atoms with E-state index >= 15 is 0 Å². The molecule has 26 heavy (non-hydrogen) atoms. The van der Waals surface area contributed by atoms with Crippen LogP contribution < -0.4 is 22.4 Å². The van der Waals surface area contributed by atoms with Crippen LogP contribution in [0, 0.1) is 0 Å². The summed E-state index contributed by atoms with van der Waals surface area (Å²) in [5, 5.41) is 7.10. The number of rotatable bonds is 6. The van der Waals surface area contributed by atoms with Crippen molar-refractivity contribution in [1.82, 2.24) is 10.5 Å². The maximum Gasteiger partial charge on any atom is 0.230 e. The van der Waals surface area contributed by atoms with Gasteiger partial charge in [-0.1, -0.05) is 72.0 Å². The summed E-state index contributed by atoms with van der Waals surface area (Å²) in [6, 6.07) is 19.1. The van der Waals surface area contributed by atoms with Gasteiger partial charge >= 0.3 is 0 Å². The molecule has 0 fully saturated rings. The van der Waals surface area contributed by atoms with Crippen molar-refractivity contribution in [3.8, 4) is 11.3 Å². The lowest BCUT2D eigenvalue weighted by atomic mass is 10.1. The second kappa shape index (κ2) is 8.24. The molecule has 8 heteroatoms. The Balaban J connectivity index is 1.86. The van der Waals surface area contributed by atoms with Gasteiger partial charge in [0.15, 0.2) is 11.0 Å². The summed E-state index contributed by atoms with van der Waals surface area (Å²) in [7, 11) is 0. The fourth-order valence-electron chi connectivity index (χ4n) is 2.40. The van der Waals surface area contributed by atoms with Crippen LogP contribution in [0.15, 0.2) is 65.8 Å². The Morgan fingerprint density at radius 2 is 1.73 bits per heavy atom. The first kappa shape index (κ1) is 17.6. The highest BCUT2D eigenvalue weighted by molar-refractivity contribution is 7.18. The Morgan fingerprint density at radius 3 is 2.38 bits per heavy atom. The van der Waals surface area contributed by atoms with Crippen molar-refractivity contribution in [3.05, 3.63) is 71.1 Å². The molecule has 3 rings (SSSR count). The highest BCUT2D eigenvalue weighted by Crippen LogP contribution is 2.31. The van der Waals surface area contributed by atoms with Crippen molar-refractivity contribution < 1.29 is 4.79 Å². The molecule has 1 amide bonds. The lowest BCUT2D eigenvalue weighted by Gasteiger charge is -2.01. The Bertz CT molecular complexity index is 908. The van der Waals surface area contributed by atoms with Crippen molar-refractivity contribution in [1.29, 1.82) is 0 Å². The summed E-state index contributed by atoms with van der Waals surface area (Å²) >= 11 is 1.25. The van der Waals surface area contributed by atoms with E-state index in [1.165, 1.54) is 11.3 Å². The predicted molar refractivity (Wildman–Crippen MR) is 104 cm³/mol. The molecule has 2 aromatic carbocycles. The van der Waals surface area contributed by atoms with Gasteiger partial charge in [-0.15, -0.1) is 5.10 Å². The second-order valence-electron chi connectivity index (χ2n) is 5.40. The van der Waals surface area contributed by atoms with Gasteiger partial charge in [-0.2, -0.15) is 0 Å². The number of hydrogen-bond acceptors (Lipinski definition) is 6. The van der Waals surface area contributed by atoms with Crippen molar-refractivity contribution in [2.75, 3.05) is 5.32 Å². The van der Waals surface area contributed by atoms with E-state index in [0.29, 0.717) is 15.7 Å². The van der Waals surface area contributed by atoms with Crippen LogP contribution in [-0.2, 0) is 11.2 Å². The third kappa shape index (κ3) is 4.24. The third-order valence-electron chi connectivity index (χ3n) is 3.55. The number of thiazole rings is 1. The molecule has 3 aromatic rings. The van der Waals surface area contributed by atoms with Crippen molar-refractivity contribution in [3.63, 3.8) is 0 Å². The molecular formula is C18H18N6OS. The van der Waals surface area contributed by atoms with Crippen LogP contribution in [0.4, 0.5) is 5.13 Å². The molecule has 0 saturated heterocycles. The number of hydrazone groups is 1. The molecular weight excluding hydrogens is 348 g/mol. The highest BCUT2D eigenvalue weighted by atomic mass is 32.1. The molecule has 0 spiro atoms. The number of carbonyl (C=O) groups excluding carboxylic acids is 1. The van der Waals surface area contributed by atoms with Crippen LogP contribution in [0.25, 0.3) is 11.3 Å². The molecule has 0 saturated carbocycles. The summed E-state index contributed by atoms with van der Waals surface area (Å²) in [5.74, 6) is 5.28. The molecule has 132 valence electrons. The molecule has 0 aliphatic rings. The van der Waals surface area contributed by atoms with Crippen LogP contribution in [0.1, 0.15) is 10.4 Å². The number of hydrogen-bond donors (Lipinski definition) is 4. The molecule has 0 aliphatic carbocycles. The summed E-state index contributed by atoms with van der Waals surface area (Å²) in [6.07, 6.45) is 0.268. The van der Waals surface area contributed by atoms with Gasteiger partial charge in [0.1, 0.15) is 4.88 Å². The van der Waals surface area contributed by atoms with Crippen molar-refractivity contribution in [2.24, 2.45) is 16.7 Å². The molecule has 0 atom stereocenters. The Hall–Kier alpha value is -3.23. The van der Waals surface area contributed by atoms with Gasteiger partial charge in [-0.25, -0.2) is 16.4 Å². The molecule has 7 nitrogen and oxygen atoms in total. The van der Waals surface area contributed by atoms with E-state index in [4.69, 9.17) is 11.6 Å². The maximum absolute atomic E-state index is 12.3. The number of aromatic nitrogens is 1. The molecule has 1 aromatic heterocycles. The molecule has 0 unspecified atom stereocenters. The van der Waals surface area contributed by atoms with Gasteiger partial charge in [0, 0.05) is 5.56 Å². The van der Waals surface area contributed by atoms with E-state index in [2.05, 4.69) is 20.9 Å². The minimum Gasteiger partial charge on any atom is -0.381 e. The van der Waals surface area contributed by atoms with Gasteiger partial charge < -0.3 is 11.1 Å². The van der Waals surface area contributed by atoms with E-state index in [-0.39, 0.29) is 18.2 Å². The van der Waals surface area contributed by atoms with Crippen LogP contribution in [0.3, 0.4) is 0 Å². The average molecular weight is 366 g/mol. The van der Waals surface area contributed by atoms with Crippen molar-refractivity contribution in [2.45, 2.75) is 6.42 Å². The summed E-state index contributed by atoms with van der Waals surface area (Å²) < 4.78 is 0. The number of hydrazine groups is 1. The summed E-state index contributed by atoms with van der Waals surface area (Å²) in [4.78, 5) is 17.4. The van der Waals surface area contributed by atoms with Crippen molar-refractivity contribution >= 4 is 28.2 Å². The fourth-order valence-corrected chi connectivity index (χ4v) is 3.31. The van der Waals surface area contributed by atoms with Gasteiger partial charge in [0.25, 0.3) is 0 Å². The van der Waals surface area contributed by atoms with E-state index in [0.717, 1.165) is 11.1 Å². The lowest BCUT2D eigenvalue weighted by Crippen LogP contribution is -2.22. The maximum atomic E-state index is 12.3. The van der Waals surface area contributed by atoms with E-state index < -0.39 is 0 Å². The first-order valence-corrected chi connectivity index (χ1v) is 8.68. The van der Waals surface area contributed by atoms with E-state index in [9.17, 15) is 4.79 Å². The monoisotopic (exact) mass is 366 g/mol. The zero-order chi connectivity index (χ0) is 18.4. The number of benzene rings is 2. The van der Waals surface area contributed by atoms with Crippen LogP contribution in [-0.4, -0.2) is 16.7 Å². The topological polar surface area (TPSA) is 118 Å². The first-order chi connectivity index (χ1) is 12.7. The normalized spacial score (nSPS) is 11.2. The Labute approximate surface area is 154 Å². The third-order valence-corrected chi connectivity index (χ3v) is 4.54. The van der Waals surface area contributed by atoms with Gasteiger partial charge in [0.2, 0.25) is 5.91 Å². The smallest absolute Gasteiger partial charge is 0.230 e. The molecule has 1 heterocycles. The van der Waals surface area contributed by atoms with Gasteiger partial charge in [-0.3, -0.25) is 4.79 Å². The zero-order valence-corrected chi connectivity index (χ0v) is 14.7. The number of amides is 1. The Morgan fingerprint density at radius 1 is 1.08 bits per heavy atom. The highest BCUT2D eigenvalue weighted by Gasteiger charge is 2.17. The Kier molecular flexibility index (Phi) is 5.57. The minimum absolute atomic E-state index is 0.149. The first-order valence-electron chi connectivity index (χ1n) is 7.86. The average Bonchev–Trinajstić information content (AvgIpc) is 3.07. The summed E-state index contributed by atoms with van der Waals surface area (Å²) in [5.41, 5.74) is 10.6. The molecule has 0 bridgehead atoms. The number of anilines is 1. The number of nitrogens with zero attached hydrogens (tertiary/aromatic N) is 2. The number of nitrogens with one attached hydrogen (secondary N) is 2. The second-order valence-corrected chi connectivity index (χ2v) is 6.40. The van der Waals surface area contributed by atoms with Gasteiger partial charge in [-0.05, 0) is 5.56 Å². The zero-order valence-electron chi connectivity index (χ0n) is 13.8. The molecule has 0 radical (unpaired) electrons. The SMILES string of the molecule is NN/N=C(\N)c1sc(NC(=O)Cc2ccccc2)nc1-c1ccccc1. The quantitative estimate of drug-likeness (QED) is 0.230. The lowest BCUT2D eigenvalue weighted by molar-refractivity contribution is -0.115. The minimum atomic E-state index is -0.149.